The van der Waals surface area contributed by atoms with E-state index in [9.17, 15) is 0 Å². The second-order valence-electron chi connectivity index (χ2n) is 4.21. The van der Waals surface area contributed by atoms with Crippen molar-refractivity contribution in [3.63, 3.8) is 0 Å². The quantitative estimate of drug-likeness (QED) is 0.489. The van der Waals surface area contributed by atoms with Gasteiger partial charge in [0.25, 0.3) is 0 Å². The Morgan fingerprint density at radius 1 is 1.23 bits per heavy atom. The van der Waals surface area contributed by atoms with E-state index in [-0.39, 0.29) is 0 Å². The lowest BCUT2D eigenvalue weighted by atomic mass is 9.72. The summed E-state index contributed by atoms with van der Waals surface area (Å²) in [6.07, 6.45) is 17.7. The molecule has 0 aromatic heterocycles. The number of hydrogen-bond donors (Lipinski definition) is 0. The Hall–Kier alpha value is -1.04. The third-order valence-corrected chi connectivity index (χ3v) is 3.34. The summed E-state index contributed by atoms with van der Waals surface area (Å²) in [4.78, 5) is 0. The molecule has 0 amide bonds. The van der Waals surface area contributed by atoms with Crippen LogP contribution in [0.2, 0.25) is 0 Å². The van der Waals surface area contributed by atoms with Crippen LogP contribution in [0.3, 0.4) is 0 Å². The molecule has 13 heavy (non-hydrogen) atoms. The number of fused-ring (bicyclic) bond motifs is 4. The van der Waals surface area contributed by atoms with E-state index < -0.39 is 0 Å². The van der Waals surface area contributed by atoms with E-state index in [1.165, 1.54) is 12.8 Å². The Balaban J connectivity index is 2.07. The van der Waals surface area contributed by atoms with Gasteiger partial charge in [-0.15, -0.1) is 0 Å². The van der Waals surface area contributed by atoms with Gasteiger partial charge in [0.2, 0.25) is 0 Å². The maximum Gasteiger partial charge on any atom is -0.00415 e. The second-order valence-corrected chi connectivity index (χ2v) is 4.21. The van der Waals surface area contributed by atoms with Gasteiger partial charge in [0.15, 0.2) is 0 Å². The van der Waals surface area contributed by atoms with Crippen molar-refractivity contribution in [1.29, 1.82) is 0 Å². The van der Waals surface area contributed by atoms with Crippen LogP contribution in [-0.4, -0.2) is 0 Å². The summed E-state index contributed by atoms with van der Waals surface area (Å²) in [7, 11) is 0. The Morgan fingerprint density at radius 3 is 3.23 bits per heavy atom. The van der Waals surface area contributed by atoms with E-state index in [0.717, 1.165) is 18.3 Å². The van der Waals surface area contributed by atoms with E-state index in [0.29, 0.717) is 0 Å². The van der Waals surface area contributed by atoms with Crippen LogP contribution in [0.25, 0.3) is 0 Å². The molecule has 0 aromatic carbocycles. The first-order chi connectivity index (χ1) is 6.43. The van der Waals surface area contributed by atoms with Gasteiger partial charge in [0.1, 0.15) is 0 Å². The smallest absolute Gasteiger partial charge is 0.00415 e. The van der Waals surface area contributed by atoms with Crippen LogP contribution in [0.4, 0.5) is 0 Å². The molecule has 2 atom stereocenters. The van der Waals surface area contributed by atoms with E-state index in [1.807, 2.05) is 0 Å². The summed E-state index contributed by atoms with van der Waals surface area (Å²) >= 11 is 0. The fourth-order valence-electron chi connectivity index (χ4n) is 2.71. The van der Waals surface area contributed by atoms with Crippen LogP contribution in [0.1, 0.15) is 19.3 Å². The Kier molecular flexibility index (Phi) is 1.55. The normalized spacial score (nSPS) is 35.1. The zero-order valence-corrected chi connectivity index (χ0v) is 7.74. The van der Waals surface area contributed by atoms with Gasteiger partial charge in [-0.25, -0.2) is 0 Å². The molecule has 0 spiro atoms. The van der Waals surface area contributed by atoms with Crippen LogP contribution in [0, 0.1) is 11.8 Å². The molecule has 0 fully saturated rings. The van der Waals surface area contributed by atoms with Crippen LogP contribution in [-0.2, 0) is 0 Å². The summed E-state index contributed by atoms with van der Waals surface area (Å²) in [6.45, 7) is 0. The van der Waals surface area contributed by atoms with Crippen molar-refractivity contribution in [2.45, 2.75) is 19.3 Å². The minimum Gasteiger partial charge on any atom is -0.0873 e. The molecular formula is C13H14. The Morgan fingerprint density at radius 2 is 2.23 bits per heavy atom. The van der Waals surface area contributed by atoms with Gasteiger partial charge in [-0.2, -0.15) is 0 Å². The minimum absolute atomic E-state index is 0.734. The monoisotopic (exact) mass is 170 g/mol. The first-order valence-corrected chi connectivity index (χ1v) is 5.18. The van der Waals surface area contributed by atoms with Gasteiger partial charge in [-0.1, -0.05) is 36.5 Å². The third kappa shape index (κ3) is 1.13. The van der Waals surface area contributed by atoms with Gasteiger partial charge < -0.3 is 0 Å². The summed E-state index contributed by atoms with van der Waals surface area (Å²) < 4.78 is 0. The molecule has 3 rings (SSSR count). The Labute approximate surface area is 79.3 Å². The molecule has 2 bridgehead atoms. The van der Waals surface area contributed by atoms with Crippen LogP contribution < -0.4 is 0 Å². The number of hydrogen-bond acceptors (Lipinski definition) is 0. The molecule has 0 aromatic rings. The molecule has 3 aliphatic rings. The third-order valence-electron chi connectivity index (χ3n) is 3.34. The van der Waals surface area contributed by atoms with Crippen LogP contribution in [0.5, 0.6) is 0 Å². The molecule has 66 valence electrons. The molecule has 0 saturated heterocycles. The molecule has 0 heterocycles. The molecule has 0 heteroatoms. The van der Waals surface area contributed by atoms with Crippen molar-refractivity contribution >= 4 is 0 Å². The Bertz CT molecular complexity index is 339. The average Bonchev–Trinajstić information content (AvgIpc) is 2.18. The fraction of sp³-hybridized carbons (Fsp3) is 0.385. The van der Waals surface area contributed by atoms with Gasteiger partial charge in [-0.3, -0.25) is 0 Å². The highest BCUT2D eigenvalue weighted by Gasteiger charge is 2.27. The van der Waals surface area contributed by atoms with Gasteiger partial charge in [0.05, 0.1) is 0 Å². The SMILES string of the molecule is C1=CCC2=CC3C=CCC(C3)C2=C1. The highest BCUT2D eigenvalue weighted by molar-refractivity contribution is 5.45. The zero-order chi connectivity index (χ0) is 8.67. The maximum absolute atomic E-state index is 2.46. The first kappa shape index (κ1) is 7.37. The molecule has 0 radical (unpaired) electrons. The van der Waals surface area contributed by atoms with E-state index in [2.05, 4.69) is 36.5 Å². The minimum atomic E-state index is 0.734. The van der Waals surface area contributed by atoms with E-state index in [1.54, 1.807) is 11.1 Å². The predicted octanol–water partition coefficient (Wildman–Crippen LogP) is 3.40. The highest BCUT2D eigenvalue weighted by atomic mass is 14.3. The lowest BCUT2D eigenvalue weighted by molar-refractivity contribution is 0.477. The van der Waals surface area contributed by atoms with Crippen molar-refractivity contribution in [2.75, 3.05) is 0 Å². The van der Waals surface area contributed by atoms with Crippen molar-refractivity contribution in [3.8, 4) is 0 Å². The molecular weight excluding hydrogens is 156 g/mol. The first-order valence-electron chi connectivity index (χ1n) is 5.18. The molecule has 0 N–H and O–H groups in total. The highest BCUT2D eigenvalue weighted by Crippen LogP contribution is 2.41. The lowest BCUT2D eigenvalue weighted by Gasteiger charge is -2.33. The van der Waals surface area contributed by atoms with Gasteiger partial charge >= 0.3 is 0 Å². The second kappa shape index (κ2) is 2.73. The topological polar surface area (TPSA) is 0 Å². The fourth-order valence-corrected chi connectivity index (χ4v) is 2.71. The number of allylic oxidation sites excluding steroid dienone is 8. The summed E-state index contributed by atoms with van der Waals surface area (Å²) in [6, 6.07) is 0. The summed E-state index contributed by atoms with van der Waals surface area (Å²) in [5.74, 6) is 1.55. The molecule has 0 nitrogen and oxygen atoms in total. The average molecular weight is 170 g/mol. The number of rotatable bonds is 0. The van der Waals surface area contributed by atoms with Crippen LogP contribution >= 0.6 is 0 Å². The van der Waals surface area contributed by atoms with Gasteiger partial charge in [0, 0.05) is 0 Å². The zero-order valence-electron chi connectivity index (χ0n) is 7.74. The maximum atomic E-state index is 2.46. The van der Waals surface area contributed by atoms with Crippen molar-refractivity contribution in [1.82, 2.24) is 0 Å². The summed E-state index contributed by atoms with van der Waals surface area (Å²) in [5.41, 5.74) is 3.20. The van der Waals surface area contributed by atoms with E-state index >= 15 is 0 Å². The molecule has 0 aliphatic heterocycles. The van der Waals surface area contributed by atoms with Crippen molar-refractivity contribution < 1.29 is 0 Å². The van der Waals surface area contributed by atoms with Gasteiger partial charge in [-0.05, 0) is 42.2 Å². The molecule has 0 saturated carbocycles. The van der Waals surface area contributed by atoms with Crippen LogP contribution in [0.15, 0.2) is 47.6 Å². The largest absolute Gasteiger partial charge is 0.0873 e. The van der Waals surface area contributed by atoms with E-state index in [4.69, 9.17) is 0 Å². The predicted molar refractivity (Wildman–Crippen MR) is 55.3 cm³/mol. The van der Waals surface area contributed by atoms with Crippen molar-refractivity contribution in [3.05, 3.63) is 47.6 Å². The lowest BCUT2D eigenvalue weighted by Crippen LogP contribution is -2.19. The molecule has 2 unspecified atom stereocenters. The van der Waals surface area contributed by atoms with Crippen molar-refractivity contribution in [2.24, 2.45) is 11.8 Å². The molecule has 3 aliphatic carbocycles. The standard InChI is InChI=1S/C13H14/c1-2-7-13-11(5-1)8-10-4-3-6-12(13)9-10/h1-4,7-8,10,12H,5-6,9H2. The summed E-state index contributed by atoms with van der Waals surface area (Å²) in [5, 5.41) is 0.